The summed E-state index contributed by atoms with van der Waals surface area (Å²) in [6.45, 7) is 0. The van der Waals surface area contributed by atoms with Gasteiger partial charge in [0.1, 0.15) is 5.00 Å². The van der Waals surface area contributed by atoms with Gasteiger partial charge in [-0.25, -0.2) is 0 Å². The zero-order valence-electron chi connectivity index (χ0n) is 9.02. The number of fused-ring (bicyclic) bond motifs is 1. The molecule has 0 spiro atoms. The molecule has 16 heavy (non-hydrogen) atoms. The second-order valence-electron chi connectivity index (χ2n) is 4.15. The molecule has 82 valence electrons. The van der Waals surface area contributed by atoms with E-state index in [1.807, 2.05) is 6.07 Å². The molecular formula is C13H14N2S. The maximum atomic E-state index is 4.45. The molecule has 2 nitrogen and oxygen atoms in total. The van der Waals surface area contributed by atoms with Gasteiger partial charge >= 0.3 is 0 Å². The highest BCUT2D eigenvalue weighted by Gasteiger charge is 2.12. The molecule has 2 aromatic rings. The summed E-state index contributed by atoms with van der Waals surface area (Å²) in [4.78, 5) is 0. The minimum Gasteiger partial charge on any atom is -0.372 e. The van der Waals surface area contributed by atoms with Crippen LogP contribution in [-0.4, -0.2) is 10.4 Å². The van der Waals surface area contributed by atoms with Crippen molar-refractivity contribution in [3.8, 4) is 0 Å². The Hall–Kier alpha value is -1.35. The van der Waals surface area contributed by atoms with Crippen LogP contribution in [0.5, 0.6) is 0 Å². The molecule has 1 aromatic heterocycles. The van der Waals surface area contributed by atoms with Crippen LogP contribution in [-0.2, 0) is 0 Å². The molecule has 0 fully saturated rings. The van der Waals surface area contributed by atoms with E-state index in [0.29, 0.717) is 6.04 Å². The van der Waals surface area contributed by atoms with Crippen LogP contribution in [0.25, 0.3) is 10.9 Å². The average Bonchev–Trinajstić information content (AvgIpc) is 2.74. The van der Waals surface area contributed by atoms with Crippen LogP contribution in [0.4, 0.5) is 5.00 Å². The van der Waals surface area contributed by atoms with Crippen molar-refractivity contribution in [2.75, 3.05) is 5.32 Å². The van der Waals surface area contributed by atoms with Gasteiger partial charge in [-0.05, 0) is 42.9 Å². The Balaban J connectivity index is 1.86. The van der Waals surface area contributed by atoms with E-state index in [0.717, 1.165) is 11.9 Å². The maximum absolute atomic E-state index is 4.45. The fraction of sp³-hybridized carbons (Fsp3) is 0.308. The summed E-state index contributed by atoms with van der Waals surface area (Å²) in [5.41, 5.74) is 1.10. The van der Waals surface area contributed by atoms with Gasteiger partial charge in [0, 0.05) is 11.4 Å². The molecule has 1 aliphatic rings. The molecule has 0 aliphatic heterocycles. The molecule has 0 saturated carbocycles. The number of nitrogens with zero attached hydrogens (tertiary/aromatic N) is 1. The highest BCUT2D eigenvalue weighted by atomic mass is 32.1. The first-order valence-corrected chi connectivity index (χ1v) is 6.47. The SMILES string of the molecule is C1=CCC(Nc2snc3ccccc23)CC1. The third-order valence-corrected chi connectivity index (χ3v) is 3.80. The normalized spacial score (nSPS) is 20.1. The van der Waals surface area contributed by atoms with Gasteiger partial charge in [0.15, 0.2) is 0 Å². The highest BCUT2D eigenvalue weighted by molar-refractivity contribution is 7.11. The fourth-order valence-corrected chi connectivity index (χ4v) is 2.94. The lowest BCUT2D eigenvalue weighted by Gasteiger charge is -2.19. The minimum atomic E-state index is 0.578. The average molecular weight is 230 g/mol. The van der Waals surface area contributed by atoms with E-state index < -0.39 is 0 Å². The number of allylic oxidation sites excluding steroid dienone is 1. The first-order valence-electron chi connectivity index (χ1n) is 5.69. The van der Waals surface area contributed by atoms with Gasteiger partial charge in [0.2, 0.25) is 0 Å². The standard InChI is InChI=1S/C13H14N2S/c1-2-6-10(7-3-1)14-13-11-8-4-5-9-12(11)15-16-13/h1-2,4-5,8-10,14H,3,6-7H2. The molecule has 0 saturated heterocycles. The Kier molecular flexibility index (Phi) is 2.62. The second-order valence-corrected chi connectivity index (χ2v) is 4.93. The molecule has 1 heterocycles. The summed E-state index contributed by atoms with van der Waals surface area (Å²) < 4.78 is 4.45. The predicted molar refractivity (Wildman–Crippen MR) is 70.0 cm³/mol. The van der Waals surface area contributed by atoms with Crippen LogP contribution in [0, 0.1) is 0 Å². The molecule has 1 atom stereocenters. The van der Waals surface area contributed by atoms with E-state index in [4.69, 9.17) is 0 Å². The summed E-state index contributed by atoms with van der Waals surface area (Å²) in [6, 6.07) is 8.89. The van der Waals surface area contributed by atoms with Crippen LogP contribution < -0.4 is 5.32 Å². The molecular weight excluding hydrogens is 216 g/mol. The molecule has 1 aliphatic carbocycles. The number of anilines is 1. The fourth-order valence-electron chi connectivity index (χ4n) is 2.10. The number of rotatable bonds is 2. The quantitative estimate of drug-likeness (QED) is 0.793. The second kappa shape index (κ2) is 4.26. The smallest absolute Gasteiger partial charge is 0.117 e. The summed E-state index contributed by atoms with van der Waals surface area (Å²) in [5.74, 6) is 0. The molecule has 1 N–H and O–H groups in total. The van der Waals surface area contributed by atoms with Gasteiger partial charge in [0.25, 0.3) is 0 Å². The van der Waals surface area contributed by atoms with Gasteiger partial charge in [-0.1, -0.05) is 24.3 Å². The lowest BCUT2D eigenvalue weighted by atomic mass is 10.0. The van der Waals surface area contributed by atoms with Crippen LogP contribution in [0.15, 0.2) is 36.4 Å². The third kappa shape index (κ3) is 1.83. The zero-order chi connectivity index (χ0) is 10.8. The number of nitrogens with one attached hydrogen (secondary N) is 1. The van der Waals surface area contributed by atoms with Crippen LogP contribution >= 0.6 is 11.5 Å². The number of aromatic nitrogens is 1. The van der Waals surface area contributed by atoms with Crippen LogP contribution in [0.2, 0.25) is 0 Å². The molecule has 0 bridgehead atoms. The number of hydrogen-bond donors (Lipinski definition) is 1. The van der Waals surface area contributed by atoms with Crippen molar-refractivity contribution in [3.63, 3.8) is 0 Å². The van der Waals surface area contributed by atoms with E-state index in [1.54, 1.807) is 11.5 Å². The van der Waals surface area contributed by atoms with Crippen LogP contribution in [0.3, 0.4) is 0 Å². The molecule has 1 aromatic carbocycles. The summed E-state index contributed by atoms with van der Waals surface area (Å²) in [7, 11) is 0. The monoisotopic (exact) mass is 230 g/mol. The Morgan fingerprint density at radius 1 is 1.25 bits per heavy atom. The predicted octanol–water partition coefficient (Wildman–Crippen LogP) is 3.82. The Morgan fingerprint density at radius 3 is 3.06 bits per heavy atom. The van der Waals surface area contributed by atoms with E-state index in [9.17, 15) is 0 Å². The van der Waals surface area contributed by atoms with Crippen molar-refractivity contribution in [1.29, 1.82) is 0 Å². The van der Waals surface area contributed by atoms with Gasteiger partial charge in [0.05, 0.1) is 5.52 Å². The van der Waals surface area contributed by atoms with Crippen molar-refractivity contribution < 1.29 is 0 Å². The van der Waals surface area contributed by atoms with Crippen LogP contribution in [0.1, 0.15) is 19.3 Å². The molecule has 3 rings (SSSR count). The first-order chi connectivity index (χ1) is 7.93. The summed E-state index contributed by atoms with van der Waals surface area (Å²) in [5, 5.41) is 6.08. The molecule has 3 heteroatoms. The first kappa shape index (κ1) is 9.85. The van der Waals surface area contributed by atoms with Crippen molar-refractivity contribution in [3.05, 3.63) is 36.4 Å². The van der Waals surface area contributed by atoms with E-state index >= 15 is 0 Å². The van der Waals surface area contributed by atoms with Crippen molar-refractivity contribution in [1.82, 2.24) is 4.37 Å². The van der Waals surface area contributed by atoms with Gasteiger partial charge < -0.3 is 5.32 Å². The largest absolute Gasteiger partial charge is 0.372 e. The molecule has 0 amide bonds. The van der Waals surface area contributed by atoms with Crippen molar-refractivity contribution in [2.24, 2.45) is 0 Å². The molecule has 0 radical (unpaired) electrons. The minimum absolute atomic E-state index is 0.578. The Morgan fingerprint density at radius 2 is 2.19 bits per heavy atom. The number of hydrogen-bond acceptors (Lipinski definition) is 3. The maximum Gasteiger partial charge on any atom is 0.117 e. The number of benzene rings is 1. The van der Waals surface area contributed by atoms with Crippen molar-refractivity contribution >= 4 is 27.4 Å². The summed E-state index contributed by atoms with van der Waals surface area (Å²) in [6.07, 6.45) is 8.08. The van der Waals surface area contributed by atoms with Crippen molar-refractivity contribution in [2.45, 2.75) is 25.3 Å². The van der Waals surface area contributed by atoms with E-state index in [2.05, 4.69) is 40.0 Å². The Bertz CT molecular complexity index is 515. The lowest BCUT2D eigenvalue weighted by molar-refractivity contribution is 0.647. The zero-order valence-corrected chi connectivity index (χ0v) is 9.83. The van der Waals surface area contributed by atoms with E-state index in [1.165, 1.54) is 23.2 Å². The summed E-state index contributed by atoms with van der Waals surface area (Å²) >= 11 is 1.57. The van der Waals surface area contributed by atoms with Gasteiger partial charge in [-0.3, -0.25) is 0 Å². The van der Waals surface area contributed by atoms with Gasteiger partial charge in [-0.2, -0.15) is 4.37 Å². The Labute approximate surface area is 99.2 Å². The third-order valence-electron chi connectivity index (χ3n) is 2.99. The van der Waals surface area contributed by atoms with E-state index in [-0.39, 0.29) is 0 Å². The topological polar surface area (TPSA) is 24.9 Å². The van der Waals surface area contributed by atoms with Gasteiger partial charge in [-0.15, -0.1) is 0 Å². The lowest BCUT2D eigenvalue weighted by Crippen LogP contribution is -2.19. The highest BCUT2D eigenvalue weighted by Crippen LogP contribution is 2.29. The molecule has 1 unspecified atom stereocenters.